The van der Waals surface area contributed by atoms with Crippen LogP contribution in [0.3, 0.4) is 0 Å². The predicted octanol–water partition coefficient (Wildman–Crippen LogP) is 7.10. The second-order valence-electron chi connectivity index (χ2n) is 12.7. The van der Waals surface area contributed by atoms with E-state index in [1.165, 1.54) is 50.5 Å². The molecule has 24 heteroatoms. The molecule has 0 atom stereocenters. The van der Waals surface area contributed by atoms with Crippen LogP contribution in [-0.4, -0.2) is 62.7 Å². The molecule has 2 aromatic heterocycles. The number of imidazole rings is 2. The van der Waals surface area contributed by atoms with E-state index >= 15 is 0 Å². The maximum atomic E-state index is 12.9. The fourth-order valence-electron chi connectivity index (χ4n) is 5.36. The van der Waals surface area contributed by atoms with Gasteiger partial charge in [0.25, 0.3) is 0 Å². The van der Waals surface area contributed by atoms with Crippen molar-refractivity contribution in [3.8, 4) is 28.3 Å². The maximum absolute atomic E-state index is 12.9. The molecule has 0 saturated carbocycles. The molecule has 0 aliphatic heterocycles. The number of anilines is 1. The van der Waals surface area contributed by atoms with Gasteiger partial charge in [0.05, 0.1) is 55.0 Å². The van der Waals surface area contributed by atoms with Gasteiger partial charge in [-0.3, -0.25) is 0 Å². The molecule has 6 aromatic rings. The molecule has 61 heavy (non-hydrogen) atoms. The lowest BCUT2D eigenvalue weighted by Crippen LogP contribution is -2.18. The molecule has 0 spiro atoms. The van der Waals surface area contributed by atoms with Crippen LogP contribution < -0.4 is 19.8 Å². The molecule has 1 radical (unpaired) electrons. The maximum Gasteiger partial charge on any atom is 0.569 e. The lowest BCUT2D eigenvalue weighted by atomic mass is 9.97. The van der Waals surface area contributed by atoms with Crippen LogP contribution in [-0.2, 0) is 52.9 Å². The molecule has 5 N–H and O–H groups in total. The van der Waals surface area contributed by atoms with E-state index in [1.54, 1.807) is 53.4 Å². The van der Waals surface area contributed by atoms with Crippen molar-refractivity contribution in [1.29, 1.82) is 0 Å². The molecular weight excluding hydrogens is 898 g/mol. The Morgan fingerprint density at radius 1 is 0.721 bits per heavy atom. The molecule has 0 aliphatic carbocycles. The number of alkyl halides is 6. The molecule has 4 aromatic carbocycles. The van der Waals surface area contributed by atoms with Gasteiger partial charge in [-0.25, -0.2) is 36.2 Å². The lowest BCUT2D eigenvalue weighted by molar-refractivity contribution is -0.138. The van der Waals surface area contributed by atoms with Crippen LogP contribution in [0.4, 0.5) is 32.0 Å². The van der Waals surface area contributed by atoms with Crippen LogP contribution in [0.15, 0.2) is 108 Å². The molecular formula is C37H35BCl2F6N7O6S2. The van der Waals surface area contributed by atoms with Crippen molar-refractivity contribution in [2.45, 2.75) is 28.6 Å². The molecule has 13 nitrogen and oxygen atoms in total. The van der Waals surface area contributed by atoms with Crippen LogP contribution in [0.5, 0.6) is 5.75 Å². The van der Waals surface area contributed by atoms with E-state index in [4.69, 9.17) is 34.0 Å². The van der Waals surface area contributed by atoms with E-state index in [1.807, 2.05) is 7.05 Å². The van der Waals surface area contributed by atoms with Gasteiger partial charge in [-0.05, 0) is 92.3 Å². The van der Waals surface area contributed by atoms with E-state index in [2.05, 4.69) is 24.1 Å². The summed E-state index contributed by atoms with van der Waals surface area (Å²) in [6.07, 6.45) is -2.04. The molecule has 0 amide bonds. The summed E-state index contributed by atoms with van der Waals surface area (Å²) in [5.41, 5.74) is 8.13. The van der Waals surface area contributed by atoms with E-state index in [0.29, 0.717) is 47.0 Å². The third-order valence-corrected chi connectivity index (χ3v) is 11.8. The van der Waals surface area contributed by atoms with Crippen LogP contribution in [0, 0.1) is 0 Å². The van der Waals surface area contributed by atoms with E-state index in [-0.39, 0.29) is 27.0 Å². The minimum absolute atomic E-state index is 0.0329. The Labute approximate surface area is 357 Å². The highest BCUT2D eigenvalue weighted by Gasteiger charge is 2.34. The van der Waals surface area contributed by atoms with Crippen LogP contribution in [0.2, 0.25) is 10.0 Å². The summed E-state index contributed by atoms with van der Waals surface area (Å²) in [6.45, 7) is 0. The summed E-state index contributed by atoms with van der Waals surface area (Å²) in [5, 5.41) is 7.37. The van der Waals surface area contributed by atoms with Crippen LogP contribution in [0.1, 0.15) is 22.3 Å². The number of nitrogens with one attached hydrogen (secondary N) is 2. The Balaban J connectivity index is 0.000000219. The van der Waals surface area contributed by atoms with Crippen LogP contribution >= 0.6 is 23.2 Å². The zero-order chi connectivity index (χ0) is 45.5. The largest absolute Gasteiger partial charge is 0.569 e. The normalized spacial score (nSPS) is 11.9. The van der Waals surface area contributed by atoms with Crippen molar-refractivity contribution in [2.75, 3.05) is 19.8 Å². The average molecular weight is 934 g/mol. The number of hydrogen-bond acceptors (Lipinski definition) is 9. The van der Waals surface area contributed by atoms with Crippen LogP contribution in [0.25, 0.3) is 22.5 Å². The molecule has 0 unspecified atom stereocenters. The second-order valence-corrected chi connectivity index (χ2v) is 17.3. The first-order valence-electron chi connectivity index (χ1n) is 17.1. The number of halogens is 8. The standard InChI is InChI=1S/C19H17ClF3N3O2S.C11H14N4O2S.C7H4BClF3O2/c1-24-29(27,28)14-5-4-13(15(9-14)18-10-26(2)11-25-18)7-12-3-6-16(17(20)8-12)19(21,22)23;1-13-18(16,17)8-3-4-10(12)9(5-8)11-6-15(2)7-14-11;9-6-3-4(14-8-13)1-2-5(6)7(10,11)12/h3-6,8-11,24H,7H2,1-2H3;3-7,13H,12H2,1-2H3;1-3,13H. The zero-order valence-electron chi connectivity index (χ0n) is 32.2. The Bertz CT molecular complexity index is 2720. The van der Waals surface area contributed by atoms with Gasteiger partial charge in [-0.15, -0.1) is 0 Å². The van der Waals surface area contributed by atoms with E-state index < -0.39 is 48.5 Å². The molecule has 2 heterocycles. The minimum Gasteiger partial charge on any atom is -0.537 e. The van der Waals surface area contributed by atoms with Crippen molar-refractivity contribution in [2.24, 2.45) is 14.1 Å². The van der Waals surface area contributed by atoms with Gasteiger partial charge in [-0.1, -0.05) is 35.3 Å². The first-order valence-corrected chi connectivity index (χ1v) is 20.8. The first kappa shape index (κ1) is 48.6. The Morgan fingerprint density at radius 3 is 1.64 bits per heavy atom. The number of nitrogen functional groups attached to an aromatic ring is 1. The quantitative estimate of drug-likeness (QED) is 0.0633. The lowest BCUT2D eigenvalue weighted by Gasteiger charge is -2.13. The minimum atomic E-state index is -4.53. The number of sulfonamides is 2. The van der Waals surface area contributed by atoms with E-state index in [0.717, 1.165) is 24.3 Å². The molecule has 0 saturated heterocycles. The van der Waals surface area contributed by atoms with Gasteiger partial charge in [0.15, 0.2) is 0 Å². The molecule has 6 rings (SSSR count). The van der Waals surface area contributed by atoms with E-state index in [9.17, 15) is 43.2 Å². The molecule has 0 bridgehead atoms. The van der Waals surface area contributed by atoms with Gasteiger partial charge in [0.1, 0.15) is 5.75 Å². The highest BCUT2D eigenvalue weighted by molar-refractivity contribution is 7.89. The van der Waals surface area contributed by atoms with Crippen molar-refractivity contribution < 1.29 is 52.9 Å². The monoisotopic (exact) mass is 932 g/mol. The summed E-state index contributed by atoms with van der Waals surface area (Å²) in [4.78, 5) is 8.67. The molecule has 0 aliphatic rings. The topological polar surface area (TPSA) is 183 Å². The van der Waals surface area contributed by atoms with Gasteiger partial charge in [0.2, 0.25) is 20.0 Å². The average Bonchev–Trinajstić information content (AvgIpc) is 3.82. The molecule has 0 fully saturated rings. The van der Waals surface area contributed by atoms with Crippen molar-refractivity contribution >= 4 is 56.6 Å². The molecule has 325 valence electrons. The van der Waals surface area contributed by atoms with Gasteiger partial charge >= 0.3 is 20.0 Å². The fraction of sp³-hybridized carbons (Fsp3) is 0.189. The fourth-order valence-corrected chi connectivity index (χ4v) is 7.46. The first-order chi connectivity index (χ1) is 28.4. The van der Waals surface area contributed by atoms with Gasteiger partial charge in [0, 0.05) is 43.3 Å². The number of nitrogens with two attached hydrogens (primary N) is 1. The van der Waals surface area contributed by atoms with Crippen molar-refractivity contribution in [3.63, 3.8) is 0 Å². The summed E-state index contributed by atoms with van der Waals surface area (Å²) in [7, 11) is -0.497. The van der Waals surface area contributed by atoms with Gasteiger partial charge < -0.3 is 24.5 Å². The summed E-state index contributed by atoms with van der Waals surface area (Å²) in [5.74, 6) is 0.0329. The Morgan fingerprint density at radius 2 is 1.20 bits per heavy atom. The number of benzene rings is 4. The Kier molecular flexibility index (Phi) is 15.7. The third-order valence-electron chi connectivity index (χ3n) is 8.39. The predicted molar refractivity (Wildman–Crippen MR) is 219 cm³/mol. The number of rotatable bonds is 10. The third kappa shape index (κ3) is 12.7. The summed E-state index contributed by atoms with van der Waals surface area (Å²) >= 11 is 11.2. The second kappa shape index (κ2) is 19.7. The van der Waals surface area contributed by atoms with Crippen molar-refractivity contribution in [3.05, 3.63) is 130 Å². The summed E-state index contributed by atoms with van der Waals surface area (Å²) < 4.78 is 136. The smallest absolute Gasteiger partial charge is 0.537 e. The number of aryl methyl sites for hydroxylation is 2. The summed E-state index contributed by atoms with van der Waals surface area (Å²) in [6, 6.07) is 15.5. The Hall–Kier alpha value is -5.10. The number of aromatic nitrogens is 4. The number of hydrogen-bond donors (Lipinski definition) is 4. The number of nitrogens with zero attached hydrogens (tertiary/aromatic N) is 4. The van der Waals surface area contributed by atoms with Gasteiger partial charge in [-0.2, -0.15) is 26.3 Å². The highest BCUT2D eigenvalue weighted by Crippen LogP contribution is 2.37. The van der Waals surface area contributed by atoms with Crippen molar-refractivity contribution in [1.82, 2.24) is 28.5 Å². The SMILES string of the molecule is CNS(=O)(=O)c1ccc(Cc2ccc(C(F)(F)F)c(Cl)c2)c(-c2cn(C)cn2)c1.CNS(=O)(=O)c1ccc(N)c(-c2cn(C)cn2)c1.O[B]Oc1ccc(C(F)(F)F)c(Cl)c1. The zero-order valence-corrected chi connectivity index (χ0v) is 35.4. The highest BCUT2D eigenvalue weighted by atomic mass is 35.5.